The maximum atomic E-state index is 14.0. The number of nitrogens with zero attached hydrogens (tertiary/aromatic N) is 2. The zero-order valence-electron chi connectivity index (χ0n) is 20.5. The smallest absolute Gasteiger partial charge is 0.262 e. The van der Waals surface area contributed by atoms with Gasteiger partial charge in [0.25, 0.3) is 11.8 Å². The number of hydrogen-bond donors (Lipinski definition) is 2. The van der Waals surface area contributed by atoms with Crippen LogP contribution in [0.25, 0.3) is 6.08 Å². The van der Waals surface area contributed by atoms with Crippen LogP contribution in [0.4, 0.5) is 15.8 Å². The molecule has 2 N–H and O–H groups in total. The van der Waals surface area contributed by atoms with Crippen LogP contribution in [0.15, 0.2) is 82.6 Å². The Bertz CT molecular complexity index is 1300. The Hall–Kier alpha value is -3.62. The summed E-state index contributed by atoms with van der Waals surface area (Å²) in [6, 6.07) is 21.9. The third kappa shape index (κ3) is 6.21. The standard InChI is InChI=1S/C29H29FN4O2S/c30-23-6-1-3-8-25(23)34-18-16-33(17-19-34)15-5-14-31-28(35)22-12-10-21(11-13-22)20-27-29(36)32-24-7-2-4-9-26(24)37-27/h1-4,6-13,20H,5,14-19H2,(H,31,35)(H,32,36). The maximum Gasteiger partial charge on any atom is 0.262 e. The molecule has 0 aromatic heterocycles. The van der Waals surface area contributed by atoms with Crippen molar-refractivity contribution in [3.05, 3.63) is 94.6 Å². The fourth-order valence-electron chi connectivity index (χ4n) is 4.51. The minimum atomic E-state index is -0.174. The Kier molecular flexibility index (Phi) is 7.87. The normalized spacial score (nSPS) is 16.8. The first kappa shape index (κ1) is 25.0. The van der Waals surface area contributed by atoms with Crippen LogP contribution in [-0.4, -0.2) is 56.0 Å². The lowest BCUT2D eigenvalue weighted by Gasteiger charge is -2.36. The van der Waals surface area contributed by atoms with Crippen molar-refractivity contribution in [3.8, 4) is 0 Å². The number of anilines is 2. The van der Waals surface area contributed by atoms with E-state index >= 15 is 0 Å². The molecule has 1 fully saturated rings. The van der Waals surface area contributed by atoms with Crippen molar-refractivity contribution in [1.29, 1.82) is 0 Å². The highest BCUT2D eigenvalue weighted by molar-refractivity contribution is 8.04. The number of nitrogens with one attached hydrogen (secondary N) is 2. The van der Waals surface area contributed by atoms with Gasteiger partial charge in [-0.3, -0.25) is 14.5 Å². The average Bonchev–Trinajstić information content (AvgIpc) is 2.92. The van der Waals surface area contributed by atoms with Gasteiger partial charge in [0.15, 0.2) is 0 Å². The van der Waals surface area contributed by atoms with Gasteiger partial charge in [0.05, 0.1) is 16.3 Å². The van der Waals surface area contributed by atoms with E-state index in [2.05, 4.69) is 20.4 Å². The number of fused-ring (bicyclic) bond motifs is 1. The number of thioether (sulfide) groups is 1. The first-order valence-corrected chi connectivity index (χ1v) is 13.3. The molecule has 0 atom stereocenters. The number of carbonyl (C=O) groups excluding carboxylic acids is 2. The fraction of sp³-hybridized carbons (Fsp3) is 0.241. The summed E-state index contributed by atoms with van der Waals surface area (Å²) in [5, 5.41) is 5.90. The summed E-state index contributed by atoms with van der Waals surface area (Å²) >= 11 is 1.44. The monoisotopic (exact) mass is 516 g/mol. The highest BCUT2D eigenvalue weighted by Gasteiger charge is 2.21. The predicted molar refractivity (Wildman–Crippen MR) is 147 cm³/mol. The Morgan fingerprint density at radius 2 is 1.70 bits per heavy atom. The van der Waals surface area contributed by atoms with E-state index in [-0.39, 0.29) is 17.6 Å². The van der Waals surface area contributed by atoms with Gasteiger partial charge in [-0.25, -0.2) is 4.39 Å². The number of halogens is 1. The molecule has 0 aliphatic carbocycles. The molecule has 8 heteroatoms. The first-order valence-electron chi connectivity index (χ1n) is 12.5. The molecule has 5 rings (SSSR count). The van der Waals surface area contributed by atoms with E-state index in [1.54, 1.807) is 18.2 Å². The maximum absolute atomic E-state index is 14.0. The number of rotatable bonds is 7. The summed E-state index contributed by atoms with van der Waals surface area (Å²) in [6.45, 7) is 4.82. The zero-order chi connectivity index (χ0) is 25.6. The van der Waals surface area contributed by atoms with Crippen molar-refractivity contribution in [2.24, 2.45) is 0 Å². The van der Waals surface area contributed by atoms with Gasteiger partial charge in [-0.15, -0.1) is 0 Å². The minimum Gasteiger partial charge on any atom is -0.367 e. The molecule has 0 bridgehead atoms. The molecule has 2 amide bonds. The molecule has 3 aromatic carbocycles. The fourth-order valence-corrected chi connectivity index (χ4v) is 5.46. The Morgan fingerprint density at radius 3 is 2.49 bits per heavy atom. The Balaban J connectivity index is 1.06. The number of benzene rings is 3. The molecule has 3 aromatic rings. The van der Waals surface area contributed by atoms with Crippen LogP contribution >= 0.6 is 11.8 Å². The van der Waals surface area contributed by atoms with Gasteiger partial charge in [0.2, 0.25) is 0 Å². The molecule has 2 heterocycles. The molecule has 2 aliphatic heterocycles. The summed E-state index contributed by atoms with van der Waals surface area (Å²) in [5.41, 5.74) is 2.95. The van der Waals surface area contributed by atoms with Crippen LogP contribution in [0.2, 0.25) is 0 Å². The topological polar surface area (TPSA) is 64.7 Å². The molecule has 0 unspecified atom stereocenters. The van der Waals surface area contributed by atoms with Gasteiger partial charge in [-0.2, -0.15) is 0 Å². The van der Waals surface area contributed by atoms with Gasteiger partial charge in [0.1, 0.15) is 5.82 Å². The van der Waals surface area contributed by atoms with E-state index in [0.717, 1.165) is 55.3 Å². The third-order valence-electron chi connectivity index (χ3n) is 6.55. The lowest BCUT2D eigenvalue weighted by molar-refractivity contribution is -0.112. The van der Waals surface area contributed by atoms with Crippen molar-refractivity contribution in [2.75, 3.05) is 49.5 Å². The van der Waals surface area contributed by atoms with Crippen LogP contribution in [0, 0.1) is 5.82 Å². The van der Waals surface area contributed by atoms with E-state index in [9.17, 15) is 14.0 Å². The van der Waals surface area contributed by atoms with Gasteiger partial charge >= 0.3 is 0 Å². The number of piperazine rings is 1. The Morgan fingerprint density at radius 1 is 0.973 bits per heavy atom. The highest BCUT2D eigenvalue weighted by atomic mass is 32.2. The van der Waals surface area contributed by atoms with Gasteiger partial charge in [0, 0.05) is 43.2 Å². The van der Waals surface area contributed by atoms with Crippen molar-refractivity contribution in [1.82, 2.24) is 10.2 Å². The van der Waals surface area contributed by atoms with E-state index < -0.39 is 0 Å². The summed E-state index contributed by atoms with van der Waals surface area (Å²) in [6.07, 6.45) is 2.69. The second-order valence-electron chi connectivity index (χ2n) is 9.07. The third-order valence-corrected chi connectivity index (χ3v) is 7.65. The number of amides is 2. The lowest BCUT2D eigenvalue weighted by atomic mass is 10.1. The molecule has 37 heavy (non-hydrogen) atoms. The van der Waals surface area contributed by atoms with Crippen molar-refractivity contribution in [3.63, 3.8) is 0 Å². The number of carbonyl (C=O) groups is 2. The Labute approximate surface area is 220 Å². The van der Waals surface area contributed by atoms with Gasteiger partial charge in [-0.1, -0.05) is 48.2 Å². The van der Waals surface area contributed by atoms with Crippen molar-refractivity contribution >= 4 is 41.0 Å². The molecule has 0 spiro atoms. The molecule has 6 nitrogen and oxygen atoms in total. The van der Waals surface area contributed by atoms with Crippen LogP contribution in [0.5, 0.6) is 0 Å². The molecule has 2 aliphatic rings. The first-order chi connectivity index (χ1) is 18.1. The van der Waals surface area contributed by atoms with Crippen molar-refractivity contribution in [2.45, 2.75) is 11.3 Å². The van der Waals surface area contributed by atoms with E-state index in [0.29, 0.717) is 22.7 Å². The summed E-state index contributed by atoms with van der Waals surface area (Å²) in [7, 11) is 0. The molecule has 1 saturated heterocycles. The van der Waals surface area contributed by atoms with Crippen LogP contribution in [0.3, 0.4) is 0 Å². The molecular formula is C29H29FN4O2S. The molecule has 190 valence electrons. The van der Waals surface area contributed by atoms with Crippen molar-refractivity contribution < 1.29 is 14.0 Å². The van der Waals surface area contributed by atoms with E-state index in [4.69, 9.17) is 0 Å². The summed E-state index contributed by atoms with van der Waals surface area (Å²) < 4.78 is 14.0. The van der Waals surface area contributed by atoms with Gasteiger partial charge < -0.3 is 15.5 Å². The van der Waals surface area contributed by atoms with Crippen LogP contribution < -0.4 is 15.5 Å². The van der Waals surface area contributed by atoms with Gasteiger partial charge in [-0.05, 0) is 61.0 Å². The minimum absolute atomic E-state index is 0.109. The summed E-state index contributed by atoms with van der Waals surface area (Å²) in [5.74, 6) is -0.408. The highest BCUT2D eigenvalue weighted by Crippen LogP contribution is 2.38. The lowest BCUT2D eigenvalue weighted by Crippen LogP contribution is -2.47. The number of para-hydroxylation sites is 2. The molecular weight excluding hydrogens is 487 g/mol. The SMILES string of the molecule is O=C1Nc2ccccc2SC1=Cc1ccc(C(=O)NCCCN2CCN(c3ccccc3F)CC2)cc1. The second-order valence-corrected chi connectivity index (χ2v) is 10.2. The largest absolute Gasteiger partial charge is 0.367 e. The zero-order valence-corrected chi connectivity index (χ0v) is 21.3. The van der Waals surface area contributed by atoms with Crippen LogP contribution in [0.1, 0.15) is 22.3 Å². The van der Waals surface area contributed by atoms with E-state index in [1.165, 1.54) is 17.8 Å². The number of hydrogen-bond acceptors (Lipinski definition) is 5. The van der Waals surface area contributed by atoms with Crippen LogP contribution in [-0.2, 0) is 4.79 Å². The predicted octanol–water partition coefficient (Wildman–Crippen LogP) is 4.85. The van der Waals surface area contributed by atoms with E-state index in [1.807, 2.05) is 54.6 Å². The second kappa shape index (κ2) is 11.6. The summed E-state index contributed by atoms with van der Waals surface area (Å²) in [4.78, 5) is 31.0. The molecule has 0 radical (unpaired) electrons. The average molecular weight is 517 g/mol. The molecule has 0 saturated carbocycles. The quantitative estimate of drug-likeness (QED) is 0.347.